The zero-order valence-electron chi connectivity index (χ0n) is 9.32. The summed E-state index contributed by atoms with van der Waals surface area (Å²) in [6, 6.07) is 0. The molecule has 0 saturated carbocycles. The average molecular weight is 209 g/mol. The van der Waals surface area contributed by atoms with E-state index in [1.165, 1.54) is 5.70 Å². The van der Waals surface area contributed by atoms with E-state index in [9.17, 15) is 4.79 Å². The number of carbonyl (C=O) groups excluding carboxylic acids is 1. The Morgan fingerprint density at radius 3 is 2.93 bits per heavy atom. The van der Waals surface area contributed by atoms with E-state index >= 15 is 0 Å². The highest BCUT2D eigenvalue weighted by Gasteiger charge is 2.25. The third-order valence-electron chi connectivity index (χ3n) is 2.97. The van der Waals surface area contributed by atoms with Crippen LogP contribution in [0.25, 0.3) is 0 Å². The number of carbonyl (C=O) groups is 1. The van der Waals surface area contributed by atoms with Gasteiger partial charge in [-0.25, -0.2) is 0 Å². The van der Waals surface area contributed by atoms with Crippen LogP contribution in [0.2, 0.25) is 0 Å². The summed E-state index contributed by atoms with van der Waals surface area (Å²) in [5.41, 5.74) is 1.21. The Morgan fingerprint density at radius 2 is 2.40 bits per heavy atom. The van der Waals surface area contributed by atoms with Crippen LogP contribution in [0.15, 0.2) is 11.8 Å². The second kappa shape index (κ2) is 4.04. The Morgan fingerprint density at radius 1 is 1.60 bits per heavy atom. The van der Waals surface area contributed by atoms with E-state index in [-0.39, 0.29) is 5.91 Å². The lowest BCUT2D eigenvalue weighted by Crippen LogP contribution is -2.32. The molecule has 0 bridgehead atoms. The van der Waals surface area contributed by atoms with E-state index in [4.69, 9.17) is 4.74 Å². The molecule has 0 N–H and O–H groups in total. The third kappa shape index (κ3) is 2.03. The zero-order chi connectivity index (χ0) is 10.8. The monoisotopic (exact) mass is 209 g/mol. The van der Waals surface area contributed by atoms with Crippen LogP contribution in [0.3, 0.4) is 0 Å². The molecule has 0 unspecified atom stereocenters. The van der Waals surface area contributed by atoms with Crippen LogP contribution in [0.1, 0.15) is 19.8 Å². The zero-order valence-corrected chi connectivity index (χ0v) is 9.32. The molecular weight excluding hydrogens is 192 g/mol. The van der Waals surface area contributed by atoms with Crippen molar-refractivity contribution in [3.63, 3.8) is 0 Å². The lowest BCUT2D eigenvalue weighted by atomic mass is 10.3. The van der Waals surface area contributed by atoms with Crippen LogP contribution < -0.4 is 0 Å². The van der Waals surface area contributed by atoms with E-state index < -0.39 is 0 Å². The minimum Gasteiger partial charge on any atom is -0.442 e. The molecule has 15 heavy (non-hydrogen) atoms. The number of hydrogen-bond acceptors (Lipinski definition) is 2. The third-order valence-corrected chi connectivity index (χ3v) is 2.97. The average Bonchev–Trinajstić information content (AvgIpc) is 2.63. The highest BCUT2D eigenvalue weighted by Crippen LogP contribution is 2.10. The number of amides is 1. The number of hydrogen-bond donors (Lipinski definition) is 0. The van der Waals surface area contributed by atoms with Crippen LogP contribution in [-0.2, 0) is 9.53 Å². The van der Waals surface area contributed by atoms with Gasteiger partial charge in [-0.2, -0.15) is 4.58 Å². The summed E-state index contributed by atoms with van der Waals surface area (Å²) >= 11 is 0. The van der Waals surface area contributed by atoms with Gasteiger partial charge in [-0.05, 0) is 6.42 Å². The number of nitrogens with zero attached hydrogens (tertiary/aromatic N) is 2. The largest absolute Gasteiger partial charge is 0.442 e. The molecule has 0 aromatic carbocycles. The fourth-order valence-corrected chi connectivity index (χ4v) is 1.82. The summed E-state index contributed by atoms with van der Waals surface area (Å²) in [7, 11) is 1.98. The van der Waals surface area contributed by atoms with Gasteiger partial charge in [0.25, 0.3) is 0 Å². The number of allylic oxidation sites excluding steroid dienone is 1. The maximum atomic E-state index is 11.3. The number of rotatable bonds is 3. The van der Waals surface area contributed by atoms with Crippen molar-refractivity contribution < 1.29 is 14.1 Å². The molecule has 0 aromatic rings. The normalized spacial score (nSPS) is 20.5. The van der Waals surface area contributed by atoms with Crippen molar-refractivity contribution in [2.75, 3.05) is 26.7 Å². The van der Waals surface area contributed by atoms with Gasteiger partial charge in [0, 0.05) is 19.9 Å². The number of ether oxygens (including phenoxy) is 1. The van der Waals surface area contributed by atoms with Gasteiger partial charge in [-0.3, -0.25) is 4.79 Å². The Kier molecular flexibility index (Phi) is 2.75. The Bertz CT molecular complexity index is 344. The van der Waals surface area contributed by atoms with Crippen molar-refractivity contribution in [1.29, 1.82) is 0 Å². The molecule has 4 nitrogen and oxygen atoms in total. The first-order valence-corrected chi connectivity index (χ1v) is 5.38. The summed E-state index contributed by atoms with van der Waals surface area (Å²) in [5, 5.41) is 0. The van der Waals surface area contributed by atoms with Gasteiger partial charge in [-0.1, -0.05) is 0 Å². The second-order valence-corrected chi connectivity index (χ2v) is 4.02. The summed E-state index contributed by atoms with van der Waals surface area (Å²) < 4.78 is 7.55. The minimum atomic E-state index is 0.261. The lowest BCUT2D eigenvalue weighted by Gasteiger charge is -2.16. The van der Waals surface area contributed by atoms with Gasteiger partial charge in [0.15, 0.2) is 5.70 Å². The number of likely N-dealkylation sites (tertiary alicyclic amines) is 1. The van der Waals surface area contributed by atoms with Crippen molar-refractivity contribution in [2.24, 2.45) is 0 Å². The molecule has 1 saturated heterocycles. The predicted molar refractivity (Wildman–Crippen MR) is 56.7 cm³/mol. The molecule has 82 valence electrons. The van der Waals surface area contributed by atoms with Crippen molar-refractivity contribution in [2.45, 2.75) is 19.8 Å². The quantitative estimate of drug-likeness (QED) is 0.637. The van der Waals surface area contributed by atoms with E-state index in [0.717, 1.165) is 18.9 Å². The van der Waals surface area contributed by atoms with Gasteiger partial charge in [0.1, 0.15) is 19.7 Å². The summed E-state index contributed by atoms with van der Waals surface area (Å²) in [6.45, 7) is 4.23. The van der Waals surface area contributed by atoms with Crippen LogP contribution in [-0.4, -0.2) is 48.0 Å². The molecule has 1 fully saturated rings. The second-order valence-electron chi connectivity index (χ2n) is 4.02. The van der Waals surface area contributed by atoms with E-state index in [1.54, 1.807) is 0 Å². The lowest BCUT2D eigenvalue weighted by molar-refractivity contribution is -0.465. The molecule has 0 radical (unpaired) electrons. The molecule has 0 aromatic heterocycles. The molecule has 2 aliphatic heterocycles. The highest BCUT2D eigenvalue weighted by molar-refractivity contribution is 5.87. The first-order valence-electron chi connectivity index (χ1n) is 5.38. The van der Waals surface area contributed by atoms with Gasteiger partial charge < -0.3 is 9.64 Å². The SMILES string of the molecule is CC1=CC(OCCN2CCCC2=O)=[N+]1C. The minimum absolute atomic E-state index is 0.261. The first-order chi connectivity index (χ1) is 7.18. The standard InChI is InChI=1S/C11H17N2O2/c1-9-8-11(12(9)2)15-7-6-13-5-3-4-10(13)14/h8H,3-7H2,1-2H3/q+1. The van der Waals surface area contributed by atoms with Crippen LogP contribution in [0, 0.1) is 0 Å². The van der Waals surface area contributed by atoms with Gasteiger partial charge in [0.2, 0.25) is 5.91 Å². The Labute approximate surface area is 89.8 Å². The van der Waals surface area contributed by atoms with E-state index in [0.29, 0.717) is 19.6 Å². The highest BCUT2D eigenvalue weighted by atomic mass is 16.5. The van der Waals surface area contributed by atoms with Crippen LogP contribution in [0.4, 0.5) is 0 Å². The van der Waals surface area contributed by atoms with Crippen LogP contribution in [0.5, 0.6) is 0 Å². The molecule has 4 heteroatoms. The van der Waals surface area contributed by atoms with Crippen molar-refractivity contribution in [3.05, 3.63) is 11.8 Å². The molecule has 2 aliphatic rings. The molecular formula is C11H17N2O2+. The molecule has 2 heterocycles. The van der Waals surface area contributed by atoms with Crippen molar-refractivity contribution >= 4 is 11.8 Å². The van der Waals surface area contributed by atoms with Gasteiger partial charge in [0.05, 0.1) is 6.54 Å². The van der Waals surface area contributed by atoms with E-state index in [2.05, 4.69) is 0 Å². The summed E-state index contributed by atoms with van der Waals surface area (Å²) in [4.78, 5) is 13.2. The fourth-order valence-electron chi connectivity index (χ4n) is 1.82. The molecule has 2 rings (SSSR count). The maximum Gasteiger partial charge on any atom is 0.374 e. The Balaban J connectivity index is 1.70. The van der Waals surface area contributed by atoms with Gasteiger partial charge >= 0.3 is 5.90 Å². The predicted octanol–water partition coefficient (Wildman–Crippen LogP) is 0.584. The Hall–Kier alpha value is -1.32. The van der Waals surface area contributed by atoms with Gasteiger partial charge in [-0.15, -0.1) is 0 Å². The van der Waals surface area contributed by atoms with Crippen molar-refractivity contribution in [1.82, 2.24) is 4.90 Å². The van der Waals surface area contributed by atoms with Crippen molar-refractivity contribution in [3.8, 4) is 0 Å². The molecule has 0 spiro atoms. The molecule has 1 amide bonds. The maximum absolute atomic E-state index is 11.3. The first kappa shape index (κ1) is 10.2. The summed E-state index contributed by atoms with van der Waals surface area (Å²) in [5.74, 6) is 1.16. The summed E-state index contributed by atoms with van der Waals surface area (Å²) in [6.07, 6.45) is 3.70. The topological polar surface area (TPSA) is 32.5 Å². The fraction of sp³-hybridized carbons (Fsp3) is 0.636. The molecule has 0 aliphatic carbocycles. The van der Waals surface area contributed by atoms with Crippen LogP contribution >= 0.6 is 0 Å². The molecule has 0 atom stereocenters. The van der Waals surface area contributed by atoms with E-state index in [1.807, 2.05) is 29.5 Å². The smallest absolute Gasteiger partial charge is 0.374 e.